The average Bonchev–Trinajstić information content (AvgIpc) is 3.04. The molecule has 1 fully saturated rings. The lowest BCUT2D eigenvalue weighted by Crippen LogP contribution is -2.41. The van der Waals surface area contributed by atoms with Crippen LogP contribution in [0, 0.1) is 5.92 Å². The van der Waals surface area contributed by atoms with E-state index in [9.17, 15) is 35.9 Å². The molecule has 0 aliphatic carbocycles. The smallest absolute Gasteiger partial charge is 0.272 e. The Hall–Kier alpha value is -3.24. The number of hydrogen-bond donors (Lipinski definition) is 0. The van der Waals surface area contributed by atoms with Gasteiger partial charge in [-0.2, -0.15) is 26.3 Å². The Morgan fingerprint density at radius 2 is 1.00 bits per heavy atom. The minimum atomic E-state index is -5.07. The van der Waals surface area contributed by atoms with Crippen molar-refractivity contribution >= 4 is 46.4 Å². The molecular formula is C24H14Cl2F6N2O2. The minimum Gasteiger partial charge on any atom is -0.272 e. The number of amides is 2. The number of nitrogens with zero attached hydrogens (tertiary/aromatic N) is 2. The molecule has 188 valence electrons. The van der Waals surface area contributed by atoms with E-state index in [1.54, 1.807) is 0 Å². The number of alkyl halides is 6. The van der Waals surface area contributed by atoms with Crippen LogP contribution in [0.15, 0.2) is 66.7 Å². The van der Waals surface area contributed by atoms with Gasteiger partial charge in [0.15, 0.2) is 0 Å². The molecule has 4 rings (SSSR count). The number of carbonyl (C=O) groups excluding carboxylic acids is 2. The van der Waals surface area contributed by atoms with Crippen LogP contribution in [-0.4, -0.2) is 11.8 Å². The SMILES string of the molecule is O=C1C(Cc2cc(C(F)(F)F)cc(C(F)(F)F)c2)C(=O)N(c2ccc(Cl)cc2)N1c1ccc(Cl)cc1. The second-order valence-corrected chi connectivity index (χ2v) is 8.80. The van der Waals surface area contributed by atoms with Crippen molar-refractivity contribution in [1.29, 1.82) is 0 Å². The molecule has 0 unspecified atom stereocenters. The maximum Gasteiger partial charge on any atom is 0.416 e. The topological polar surface area (TPSA) is 40.6 Å². The molecule has 0 spiro atoms. The van der Waals surface area contributed by atoms with Crippen LogP contribution in [0.3, 0.4) is 0 Å². The van der Waals surface area contributed by atoms with E-state index in [1.807, 2.05) is 0 Å². The van der Waals surface area contributed by atoms with Crippen molar-refractivity contribution < 1.29 is 35.9 Å². The number of benzene rings is 3. The third-order valence-corrected chi connectivity index (χ3v) is 5.95. The van der Waals surface area contributed by atoms with Gasteiger partial charge in [-0.3, -0.25) is 9.59 Å². The van der Waals surface area contributed by atoms with Gasteiger partial charge in [0.05, 0.1) is 22.5 Å². The lowest BCUT2D eigenvalue weighted by molar-refractivity contribution is -0.143. The lowest BCUT2D eigenvalue weighted by Gasteiger charge is -2.27. The van der Waals surface area contributed by atoms with Crippen molar-refractivity contribution in [3.63, 3.8) is 0 Å². The predicted octanol–water partition coefficient (Wildman–Crippen LogP) is 7.18. The van der Waals surface area contributed by atoms with Crippen LogP contribution in [-0.2, 0) is 28.4 Å². The van der Waals surface area contributed by atoms with E-state index in [1.165, 1.54) is 48.5 Å². The van der Waals surface area contributed by atoms with Gasteiger partial charge < -0.3 is 0 Å². The fourth-order valence-corrected chi connectivity index (χ4v) is 4.05. The first-order valence-electron chi connectivity index (χ1n) is 10.2. The highest BCUT2D eigenvalue weighted by Gasteiger charge is 2.47. The van der Waals surface area contributed by atoms with Gasteiger partial charge in [0, 0.05) is 10.0 Å². The number of anilines is 2. The fourth-order valence-electron chi connectivity index (χ4n) is 3.80. The quantitative estimate of drug-likeness (QED) is 0.257. The van der Waals surface area contributed by atoms with Gasteiger partial charge in [-0.15, -0.1) is 0 Å². The summed E-state index contributed by atoms with van der Waals surface area (Å²) in [5.41, 5.74) is -3.09. The van der Waals surface area contributed by atoms with Crippen LogP contribution < -0.4 is 10.0 Å². The van der Waals surface area contributed by atoms with Crippen LogP contribution in [0.2, 0.25) is 10.0 Å². The highest BCUT2D eigenvalue weighted by Crippen LogP contribution is 2.39. The lowest BCUT2D eigenvalue weighted by atomic mass is 9.95. The van der Waals surface area contributed by atoms with Crippen molar-refractivity contribution in [2.75, 3.05) is 10.0 Å². The first-order chi connectivity index (χ1) is 16.8. The van der Waals surface area contributed by atoms with E-state index in [0.29, 0.717) is 22.2 Å². The summed E-state index contributed by atoms with van der Waals surface area (Å²) in [5.74, 6) is -3.24. The van der Waals surface area contributed by atoms with Crippen molar-refractivity contribution in [1.82, 2.24) is 0 Å². The number of carbonyl (C=O) groups is 2. The van der Waals surface area contributed by atoms with Crippen LogP contribution in [0.5, 0.6) is 0 Å². The molecule has 4 nitrogen and oxygen atoms in total. The van der Waals surface area contributed by atoms with Crippen molar-refractivity contribution in [2.24, 2.45) is 5.92 Å². The van der Waals surface area contributed by atoms with Crippen molar-refractivity contribution in [2.45, 2.75) is 18.8 Å². The third kappa shape index (κ3) is 5.15. The van der Waals surface area contributed by atoms with E-state index >= 15 is 0 Å². The van der Waals surface area contributed by atoms with E-state index in [2.05, 4.69) is 0 Å². The van der Waals surface area contributed by atoms with E-state index in [-0.39, 0.29) is 17.4 Å². The standard InChI is InChI=1S/C24H14Cl2F6N2O2/c25-16-1-5-18(6-2-16)33-21(35)20(22(36)34(33)19-7-3-17(26)4-8-19)11-13-9-14(23(27,28)29)12-15(10-13)24(30,31)32/h1-10,12,20H,11H2. The molecule has 1 aliphatic heterocycles. The Kier molecular flexibility index (Phi) is 6.70. The molecule has 3 aromatic carbocycles. The zero-order valence-electron chi connectivity index (χ0n) is 17.9. The first-order valence-corrected chi connectivity index (χ1v) is 11.0. The Labute approximate surface area is 210 Å². The summed E-state index contributed by atoms with van der Waals surface area (Å²) in [4.78, 5) is 26.8. The fraction of sp³-hybridized carbons (Fsp3) is 0.167. The summed E-state index contributed by atoms with van der Waals surface area (Å²) in [6, 6.07) is 12.7. The summed E-state index contributed by atoms with van der Waals surface area (Å²) in [6.45, 7) is 0. The maximum absolute atomic E-state index is 13.4. The van der Waals surface area contributed by atoms with Gasteiger partial charge in [0.25, 0.3) is 11.8 Å². The average molecular weight is 547 g/mol. The normalized spacial score (nSPS) is 15.2. The molecule has 1 aliphatic rings. The van der Waals surface area contributed by atoms with E-state index in [0.717, 1.165) is 10.0 Å². The number of halogens is 8. The molecule has 1 heterocycles. The summed E-state index contributed by atoms with van der Waals surface area (Å²) in [5, 5.41) is 2.69. The zero-order valence-corrected chi connectivity index (χ0v) is 19.4. The molecule has 0 N–H and O–H groups in total. The Morgan fingerprint density at radius 3 is 1.33 bits per heavy atom. The summed E-state index contributed by atoms with van der Waals surface area (Å²) in [6.07, 6.45) is -10.8. The molecule has 12 heteroatoms. The second-order valence-electron chi connectivity index (χ2n) is 7.92. The first kappa shape index (κ1) is 25.8. The summed E-state index contributed by atoms with van der Waals surface area (Å²) in [7, 11) is 0. The number of hydrazine groups is 1. The molecule has 0 aromatic heterocycles. The largest absolute Gasteiger partial charge is 0.416 e. The zero-order chi connectivity index (χ0) is 26.4. The highest BCUT2D eigenvalue weighted by atomic mass is 35.5. The predicted molar refractivity (Wildman–Crippen MR) is 122 cm³/mol. The summed E-state index contributed by atoms with van der Waals surface area (Å²) >= 11 is 11.8. The molecule has 0 bridgehead atoms. The Morgan fingerprint density at radius 1 is 0.639 bits per heavy atom. The second kappa shape index (κ2) is 9.33. The molecule has 0 saturated carbocycles. The molecule has 1 saturated heterocycles. The van der Waals surface area contributed by atoms with E-state index < -0.39 is 53.2 Å². The monoisotopic (exact) mass is 546 g/mol. The van der Waals surface area contributed by atoms with Crippen LogP contribution in [0.25, 0.3) is 0 Å². The van der Waals surface area contributed by atoms with Gasteiger partial charge in [-0.1, -0.05) is 23.2 Å². The van der Waals surface area contributed by atoms with Crippen LogP contribution in [0.4, 0.5) is 37.7 Å². The molecule has 3 aromatic rings. The van der Waals surface area contributed by atoms with Gasteiger partial charge in [-0.05, 0) is 78.7 Å². The highest BCUT2D eigenvalue weighted by molar-refractivity contribution is 6.31. The number of hydrogen-bond acceptors (Lipinski definition) is 2. The Balaban J connectivity index is 1.78. The summed E-state index contributed by atoms with van der Waals surface area (Å²) < 4.78 is 79.8. The molecule has 0 atom stereocenters. The van der Waals surface area contributed by atoms with Crippen LogP contribution >= 0.6 is 23.2 Å². The van der Waals surface area contributed by atoms with Gasteiger partial charge in [-0.25, -0.2) is 10.0 Å². The van der Waals surface area contributed by atoms with Crippen molar-refractivity contribution in [3.8, 4) is 0 Å². The maximum atomic E-state index is 13.4. The van der Waals surface area contributed by atoms with Crippen LogP contribution in [0.1, 0.15) is 16.7 Å². The third-order valence-electron chi connectivity index (χ3n) is 5.44. The molecule has 36 heavy (non-hydrogen) atoms. The van der Waals surface area contributed by atoms with Gasteiger partial charge in [0.2, 0.25) is 0 Å². The molecular weight excluding hydrogens is 533 g/mol. The van der Waals surface area contributed by atoms with E-state index in [4.69, 9.17) is 23.2 Å². The van der Waals surface area contributed by atoms with Gasteiger partial charge in [0.1, 0.15) is 5.92 Å². The minimum absolute atomic E-state index is 0.0121. The van der Waals surface area contributed by atoms with Crippen molar-refractivity contribution in [3.05, 3.63) is 93.5 Å². The Bertz CT molecular complexity index is 1210. The molecule has 0 radical (unpaired) electrons. The molecule has 2 amide bonds. The number of rotatable bonds is 4. The van der Waals surface area contributed by atoms with Gasteiger partial charge >= 0.3 is 12.4 Å².